The number of aromatic nitrogens is 1. The molecule has 1 amide bonds. The summed E-state index contributed by atoms with van der Waals surface area (Å²) in [5.41, 5.74) is 1.79. The van der Waals surface area contributed by atoms with Crippen LogP contribution in [0.4, 0.5) is 5.69 Å². The molecule has 0 atom stereocenters. The molecule has 2 N–H and O–H groups in total. The molecular weight excluding hydrogens is 308 g/mol. The Balaban J connectivity index is 2.20. The van der Waals surface area contributed by atoms with Crippen molar-refractivity contribution in [1.29, 1.82) is 0 Å². The zero-order valence-corrected chi connectivity index (χ0v) is 13.5. The Bertz CT molecular complexity index is 701. The van der Waals surface area contributed by atoms with E-state index in [0.29, 0.717) is 30.0 Å². The second-order valence-electron chi connectivity index (χ2n) is 5.27. The highest BCUT2D eigenvalue weighted by Gasteiger charge is 2.12. The molecule has 1 aromatic carbocycles. The number of nitrogens with zero attached hydrogens (tertiary/aromatic N) is 1. The van der Waals surface area contributed by atoms with Gasteiger partial charge in [0.2, 0.25) is 0 Å². The van der Waals surface area contributed by atoms with Gasteiger partial charge in [0, 0.05) is 18.8 Å². The summed E-state index contributed by atoms with van der Waals surface area (Å²) in [5, 5.41) is 11.6. The van der Waals surface area contributed by atoms with E-state index in [4.69, 9.17) is 9.84 Å². The highest BCUT2D eigenvalue weighted by Crippen LogP contribution is 2.27. The van der Waals surface area contributed by atoms with Gasteiger partial charge >= 0.3 is 5.97 Å². The van der Waals surface area contributed by atoms with Crippen LogP contribution in [0.15, 0.2) is 42.7 Å². The van der Waals surface area contributed by atoms with Gasteiger partial charge in [-0.05, 0) is 42.7 Å². The number of carbonyl (C=O) groups is 2. The van der Waals surface area contributed by atoms with Gasteiger partial charge in [0.15, 0.2) is 0 Å². The molecule has 0 radical (unpaired) electrons. The maximum absolute atomic E-state index is 12.3. The number of carboxylic acids is 1. The fourth-order valence-corrected chi connectivity index (χ4v) is 2.11. The van der Waals surface area contributed by atoms with Crippen molar-refractivity contribution in [1.82, 2.24) is 4.98 Å². The third-order valence-electron chi connectivity index (χ3n) is 3.31. The molecule has 0 unspecified atom stereocenters. The molecule has 0 saturated carbocycles. The van der Waals surface area contributed by atoms with Crippen molar-refractivity contribution in [3.63, 3.8) is 0 Å². The predicted molar refractivity (Wildman–Crippen MR) is 90.4 cm³/mol. The van der Waals surface area contributed by atoms with Gasteiger partial charge in [0.25, 0.3) is 5.91 Å². The van der Waals surface area contributed by atoms with Gasteiger partial charge in [0.1, 0.15) is 5.75 Å². The van der Waals surface area contributed by atoms with Crippen molar-refractivity contribution in [2.24, 2.45) is 0 Å². The monoisotopic (exact) mass is 328 g/mol. The van der Waals surface area contributed by atoms with Gasteiger partial charge in [-0.15, -0.1) is 0 Å². The van der Waals surface area contributed by atoms with E-state index in [1.807, 2.05) is 13.0 Å². The lowest BCUT2D eigenvalue weighted by molar-refractivity contribution is -0.136. The molecule has 2 rings (SSSR count). The number of carboxylic acid groups (broad SMARTS) is 1. The minimum Gasteiger partial charge on any atom is -0.491 e. The lowest BCUT2D eigenvalue weighted by atomic mass is 10.1. The fourth-order valence-electron chi connectivity index (χ4n) is 2.11. The molecule has 6 heteroatoms. The van der Waals surface area contributed by atoms with E-state index in [1.165, 1.54) is 6.20 Å². The number of ether oxygens (including phenoxy) is 1. The number of aliphatic carboxylic acids is 1. The van der Waals surface area contributed by atoms with Crippen LogP contribution < -0.4 is 10.1 Å². The third-order valence-corrected chi connectivity index (χ3v) is 3.31. The van der Waals surface area contributed by atoms with E-state index < -0.39 is 5.97 Å². The highest BCUT2D eigenvalue weighted by atomic mass is 16.5. The number of amides is 1. The normalized spacial score (nSPS) is 10.2. The second-order valence-corrected chi connectivity index (χ2v) is 5.27. The minimum atomic E-state index is -0.859. The number of aryl methyl sites for hydroxylation is 1. The lowest BCUT2D eigenvalue weighted by Crippen LogP contribution is -2.13. The van der Waals surface area contributed by atoms with E-state index in [1.54, 1.807) is 30.5 Å². The zero-order valence-electron chi connectivity index (χ0n) is 13.5. The molecule has 6 nitrogen and oxygen atoms in total. The number of rotatable bonds is 8. The van der Waals surface area contributed by atoms with E-state index in [0.717, 1.165) is 12.0 Å². The molecule has 1 heterocycles. The summed E-state index contributed by atoms with van der Waals surface area (Å²) in [6.45, 7) is 2.53. The Hall–Kier alpha value is -2.89. The zero-order chi connectivity index (χ0) is 17.4. The van der Waals surface area contributed by atoms with Crippen LogP contribution in [0, 0.1) is 0 Å². The quantitative estimate of drug-likeness (QED) is 0.777. The maximum atomic E-state index is 12.3. The van der Waals surface area contributed by atoms with Crippen LogP contribution in [-0.2, 0) is 11.2 Å². The average Bonchev–Trinajstić information content (AvgIpc) is 2.59. The lowest BCUT2D eigenvalue weighted by Gasteiger charge is -2.14. The number of carbonyl (C=O) groups excluding carboxylic acids is 1. The van der Waals surface area contributed by atoms with Gasteiger partial charge in [0.05, 0.1) is 17.9 Å². The van der Waals surface area contributed by atoms with Crippen molar-refractivity contribution in [3.05, 3.63) is 53.9 Å². The van der Waals surface area contributed by atoms with Gasteiger partial charge in [-0.25, -0.2) is 0 Å². The summed E-state index contributed by atoms with van der Waals surface area (Å²) < 4.78 is 5.66. The molecule has 0 spiro atoms. The second kappa shape index (κ2) is 8.67. The highest BCUT2D eigenvalue weighted by molar-refractivity contribution is 6.04. The summed E-state index contributed by atoms with van der Waals surface area (Å²) in [6, 6.07) is 8.68. The number of benzene rings is 1. The SMILES string of the molecule is CCCOc1ccc(CCC(=O)O)cc1NC(=O)c1cccnc1. The number of pyridine rings is 1. The molecule has 0 aliphatic heterocycles. The predicted octanol–water partition coefficient (Wildman–Crippen LogP) is 3.14. The van der Waals surface area contributed by atoms with E-state index in [2.05, 4.69) is 10.3 Å². The molecule has 0 aliphatic carbocycles. The van der Waals surface area contributed by atoms with Gasteiger partial charge in [-0.3, -0.25) is 14.6 Å². The Morgan fingerprint density at radius 2 is 2.12 bits per heavy atom. The van der Waals surface area contributed by atoms with Gasteiger partial charge < -0.3 is 15.2 Å². The standard InChI is InChI=1S/C18H20N2O4/c1-2-10-24-16-7-5-13(6-8-17(21)22)11-15(16)20-18(23)14-4-3-9-19-12-14/h3-5,7,9,11-12H,2,6,8,10H2,1H3,(H,20,23)(H,21,22). The minimum absolute atomic E-state index is 0.0329. The van der Waals surface area contributed by atoms with E-state index >= 15 is 0 Å². The van der Waals surface area contributed by atoms with Crippen molar-refractivity contribution >= 4 is 17.6 Å². The first kappa shape index (κ1) is 17.5. The summed E-state index contributed by atoms with van der Waals surface area (Å²) in [6.07, 6.45) is 4.34. The van der Waals surface area contributed by atoms with E-state index in [-0.39, 0.29) is 12.3 Å². The van der Waals surface area contributed by atoms with Crippen LogP contribution in [0.25, 0.3) is 0 Å². The Labute approximate surface area is 140 Å². The fraction of sp³-hybridized carbons (Fsp3) is 0.278. The van der Waals surface area contributed by atoms with Crippen molar-refractivity contribution in [2.75, 3.05) is 11.9 Å². The maximum Gasteiger partial charge on any atom is 0.303 e. The van der Waals surface area contributed by atoms with Gasteiger partial charge in [-0.2, -0.15) is 0 Å². The van der Waals surface area contributed by atoms with Crippen LogP contribution in [-0.4, -0.2) is 28.6 Å². The van der Waals surface area contributed by atoms with Crippen LogP contribution in [0.1, 0.15) is 35.7 Å². The number of nitrogens with one attached hydrogen (secondary N) is 1. The third kappa shape index (κ3) is 5.08. The molecule has 0 bridgehead atoms. The molecule has 24 heavy (non-hydrogen) atoms. The van der Waals surface area contributed by atoms with E-state index in [9.17, 15) is 9.59 Å². The van der Waals surface area contributed by atoms with Gasteiger partial charge in [-0.1, -0.05) is 13.0 Å². The molecular formula is C18H20N2O4. The molecule has 2 aromatic rings. The first-order valence-electron chi connectivity index (χ1n) is 7.79. The summed E-state index contributed by atoms with van der Waals surface area (Å²) in [5.74, 6) is -0.588. The van der Waals surface area contributed by atoms with Crippen LogP contribution >= 0.6 is 0 Å². The van der Waals surface area contributed by atoms with Crippen molar-refractivity contribution < 1.29 is 19.4 Å². The van der Waals surface area contributed by atoms with Crippen LogP contribution in [0.5, 0.6) is 5.75 Å². The first-order valence-corrected chi connectivity index (χ1v) is 7.79. The number of hydrogen-bond acceptors (Lipinski definition) is 4. The Kier molecular flexibility index (Phi) is 6.31. The van der Waals surface area contributed by atoms with Crippen LogP contribution in [0.2, 0.25) is 0 Å². The summed E-state index contributed by atoms with van der Waals surface area (Å²) >= 11 is 0. The molecule has 0 fully saturated rings. The van der Waals surface area contributed by atoms with Crippen molar-refractivity contribution in [3.8, 4) is 5.75 Å². The summed E-state index contributed by atoms with van der Waals surface area (Å²) in [4.78, 5) is 27.0. The van der Waals surface area contributed by atoms with Crippen molar-refractivity contribution in [2.45, 2.75) is 26.2 Å². The molecule has 0 saturated heterocycles. The first-order chi connectivity index (χ1) is 11.6. The topological polar surface area (TPSA) is 88.5 Å². The average molecular weight is 328 g/mol. The smallest absolute Gasteiger partial charge is 0.303 e. The van der Waals surface area contributed by atoms with Crippen LogP contribution in [0.3, 0.4) is 0 Å². The largest absolute Gasteiger partial charge is 0.491 e. The number of anilines is 1. The summed E-state index contributed by atoms with van der Waals surface area (Å²) in [7, 11) is 0. The molecule has 1 aromatic heterocycles. The molecule has 0 aliphatic rings. The molecule has 126 valence electrons. The Morgan fingerprint density at radius 3 is 2.79 bits per heavy atom. The number of hydrogen-bond donors (Lipinski definition) is 2. The Morgan fingerprint density at radius 1 is 1.29 bits per heavy atom.